The molecule has 3 rings (SSSR count). The summed E-state index contributed by atoms with van der Waals surface area (Å²) >= 11 is 1.39. The zero-order chi connectivity index (χ0) is 21.3. The predicted molar refractivity (Wildman–Crippen MR) is 117 cm³/mol. The first-order valence-electron chi connectivity index (χ1n) is 9.30. The number of nitrogens with one attached hydrogen (secondary N) is 2. The number of hydrogen-bond donors (Lipinski definition) is 2. The molecule has 0 spiro atoms. The first-order valence-corrected chi connectivity index (χ1v) is 10.2. The molecule has 1 atom stereocenters. The van der Waals surface area contributed by atoms with Gasteiger partial charge in [-0.3, -0.25) is 9.59 Å². The lowest BCUT2D eigenvalue weighted by atomic mass is 10.3. The Kier molecular flexibility index (Phi) is 7.45. The lowest BCUT2D eigenvalue weighted by Gasteiger charge is -2.13. The van der Waals surface area contributed by atoms with E-state index in [2.05, 4.69) is 10.6 Å². The highest BCUT2D eigenvalue weighted by Gasteiger charge is 2.15. The molecule has 0 aliphatic heterocycles. The molecule has 0 bridgehead atoms. The smallest absolute Gasteiger partial charge is 0.262 e. The minimum absolute atomic E-state index is 0.0822. The van der Waals surface area contributed by atoms with Gasteiger partial charge in [0.2, 0.25) is 5.91 Å². The van der Waals surface area contributed by atoms with E-state index in [9.17, 15) is 14.0 Å². The minimum Gasteiger partial charge on any atom is -0.484 e. The van der Waals surface area contributed by atoms with Crippen LogP contribution >= 0.6 is 11.8 Å². The quantitative estimate of drug-likeness (QED) is 0.502. The third kappa shape index (κ3) is 6.63. The molecule has 3 aromatic rings. The van der Waals surface area contributed by atoms with Gasteiger partial charge in [-0.2, -0.15) is 0 Å². The van der Waals surface area contributed by atoms with Gasteiger partial charge in [-0.1, -0.05) is 18.2 Å². The fraction of sp³-hybridized carbons (Fsp3) is 0.130. The summed E-state index contributed by atoms with van der Waals surface area (Å²) in [7, 11) is 0. The number of thioether (sulfide) groups is 1. The van der Waals surface area contributed by atoms with Gasteiger partial charge in [0.1, 0.15) is 11.6 Å². The van der Waals surface area contributed by atoms with Crippen molar-refractivity contribution in [2.75, 3.05) is 17.2 Å². The van der Waals surface area contributed by atoms with Crippen LogP contribution in [0.25, 0.3) is 0 Å². The number of carbonyl (C=O) groups excluding carboxylic acids is 2. The average molecular weight is 424 g/mol. The van der Waals surface area contributed by atoms with Gasteiger partial charge in [0.15, 0.2) is 6.61 Å². The standard InChI is InChI=1S/C23H21FN2O3S/c1-16(23(28)26-19-9-7-17(24)8-10-19)30-21-13-11-18(12-14-21)25-22(27)15-29-20-5-3-2-4-6-20/h2-14,16H,15H2,1H3,(H,25,27)(H,26,28). The number of rotatable bonds is 8. The van der Waals surface area contributed by atoms with Crippen LogP contribution in [0.1, 0.15) is 6.92 Å². The summed E-state index contributed by atoms with van der Waals surface area (Å²) in [5.74, 6) is -0.158. The average Bonchev–Trinajstić information content (AvgIpc) is 2.76. The van der Waals surface area contributed by atoms with E-state index in [0.29, 0.717) is 17.1 Å². The summed E-state index contributed by atoms with van der Waals surface area (Å²) in [6.45, 7) is 1.71. The fourth-order valence-corrected chi connectivity index (χ4v) is 3.38. The Balaban J connectivity index is 1.46. The van der Waals surface area contributed by atoms with Gasteiger partial charge in [0, 0.05) is 16.3 Å². The Hall–Kier alpha value is -3.32. The summed E-state index contributed by atoms with van der Waals surface area (Å²) < 4.78 is 18.4. The number of benzene rings is 3. The van der Waals surface area contributed by atoms with Crippen LogP contribution in [0.3, 0.4) is 0 Å². The largest absolute Gasteiger partial charge is 0.484 e. The number of para-hydroxylation sites is 1. The molecule has 0 aliphatic carbocycles. The summed E-state index contributed by atoms with van der Waals surface area (Å²) in [4.78, 5) is 25.2. The second-order valence-corrected chi connectivity index (χ2v) is 7.84. The molecule has 1 unspecified atom stereocenters. The molecular weight excluding hydrogens is 403 g/mol. The SMILES string of the molecule is CC(Sc1ccc(NC(=O)COc2ccccc2)cc1)C(=O)Nc1ccc(F)cc1. The molecule has 0 saturated heterocycles. The normalized spacial score (nSPS) is 11.4. The first-order chi connectivity index (χ1) is 14.5. The summed E-state index contributed by atoms with van der Waals surface area (Å²) in [6, 6.07) is 22.0. The van der Waals surface area contributed by atoms with Crippen molar-refractivity contribution in [3.05, 3.63) is 84.7 Å². The van der Waals surface area contributed by atoms with Gasteiger partial charge in [0.25, 0.3) is 5.91 Å². The molecule has 0 heterocycles. The Morgan fingerprint density at radius 1 is 0.900 bits per heavy atom. The molecule has 30 heavy (non-hydrogen) atoms. The Labute approximate surface area is 178 Å². The van der Waals surface area contributed by atoms with Gasteiger partial charge in [-0.25, -0.2) is 4.39 Å². The predicted octanol–water partition coefficient (Wildman–Crippen LogP) is 4.96. The third-order valence-corrected chi connectivity index (χ3v) is 5.16. The maximum Gasteiger partial charge on any atom is 0.262 e. The number of anilines is 2. The van der Waals surface area contributed by atoms with Gasteiger partial charge in [0.05, 0.1) is 5.25 Å². The van der Waals surface area contributed by atoms with Crippen molar-refractivity contribution in [3.63, 3.8) is 0 Å². The number of halogens is 1. The van der Waals surface area contributed by atoms with Gasteiger partial charge in [-0.05, 0) is 67.6 Å². The van der Waals surface area contributed by atoms with E-state index in [-0.39, 0.29) is 29.5 Å². The molecule has 7 heteroatoms. The third-order valence-electron chi connectivity index (χ3n) is 4.05. The Morgan fingerprint density at radius 3 is 2.17 bits per heavy atom. The first kappa shape index (κ1) is 21.4. The van der Waals surface area contributed by atoms with Crippen molar-refractivity contribution in [2.45, 2.75) is 17.1 Å². The molecule has 0 radical (unpaired) electrons. The molecule has 0 fully saturated rings. The maximum atomic E-state index is 13.0. The van der Waals surface area contributed by atoms with Gasteiger partial charge < -0.3 is 15.4 Å². The summed E-state index contributed by atoms with van der Waals surface area (Å²) in [5, 5.41) is 5.17. The van der Waals surface area contributed by atoms with Crippen molar-refractivity contribution >= 4 is 35.0 Å². The van der Waals surface area contributed by atoms with Crippen LogP contribution in [0.5, 0.6) is 5.75 Å². The van der Waals surface area contributed by atoms with E-state index in [4.69, 9.17) is 4.74 Å². The number of carbonyl (C=O) groups is 2. The van der Waals surface area contributed by atoms with Crippen molar-refractivity contribution in [1.29, 1.82) is 0 Å². The Bertz CT molecular complexity index is 980. The molecule has 0 aromatic heterocycles. The highest BCUT2D eigenvalue weighted by atomic mass is 32.2. The van der Waals surface area contributed by atoms with Crippen LogP contribution in [-0.2, 0) is 9.59 Å². The Morgan fingerprint density at radius 2 is 1.50 bits per heavy atom. The molecule has 3 aromatic carbocycles. The monoisotopic (exact) mass is 424 g/mol. The second-order valence-electron chi connectivity index (χ2n) is 6.43. The second kappa shape index (κ2) is 10.5. The highest BCUT2D eigenvalue weighted by Crippen LogP contribution is 2.25. The lowest BCUT2D eigenvalue weighted by Crippen LogP contribution is -2.22. The lowest BCUT2D eigenvalue weighted by molar-refractivity contribution is -0.118. The van der Waals surface area contributed by atoms with Crippen LogP contribution in [0.15, 0.2) is 83.8 Å². The van der Waals surface area contributed by atoms with Crippen LogP contribution in [0, 0.1) is 5.82 Å². The van der Waals surface area contributed by atoms with Crippen LogP contribution in [0.4, 0.5) is 15.8 Å². The molecule has 2 N–H and O–H groups in total. The van der Waals surface area contributed by atoms with E-state index >= 15 is 0 Å². The van der Waals surface area contributed by atoms with Crippen LogP contribution in [0.2, 0.25) is 0 Å². The van der Waals surface area contributed by atoms with Gasteiger partial charge in [-0.15, -0.1) is 11.8 Å². The van der Waals surface area contributed by atoms with Crippen molar-refractivity contribution in [2.24, 2.45) is 0 Å². The molecule has 0 saturated carbocycles. The summed E-state index contributed by atoms with van der Waals surface area (Å²) in [5.41, 5.74) is 1.19. The van der Waals surface area contributed by atoms with E-state index < -0.39 is 0 Å². The molecule has 154 valence electrons. The zero-order valence-electron chi connectivity index (χ0n) is 16.3. The van der Waals surface area contributed by atoms with Gasteiger partial charge >= 0.3 is 0 Å². The molecule has 0 aliphatic rings. The fourth-order valence-electron chi connectivity index (χ4n) is 2.51. The summed E-state index contributed by atoms with van der Waals surface area (Å²) in [6.07, 6.45) is 0. The number of amides is 2. The minimum atomic E-state index is -0.353. The van der Waals surface area contributed by atoms with E-state index in [1.54, 1.807) is 31.2 Å². The van der Waals surface area contributed by atoms with E-state index in [0.717, 1.165) is 4.90 Å². The van der Waals surface area contributed by atoms with E-state index in [1.807, 2.05) is 30.3 Å². The van der Waals surface area contributed by atoms with E-state index in [1.165, 1.54) is 36.0 Å². The highest BCUT2D eigenvalue weighted by molar-refractivity contribution is 8.00. The maximum absolute atomic E-state index is 13.0. The molecule has 2 amide bonds. The number of ether oxygens (including phenoxy) is 1. The van der Waals surface area contributed by atoms with Crippen LogP contribution in [-0.4, -0.2) is 23.7 Å². The van der Waals surface area contributed by atoms with Crippen LogP contribution < -0.4 is 15.4 Å². The van der Waals surface area contributed by atoms with Crippen molar-refractivity contribution in [1.82, 2.24) is 0 Å². The zero-order valence-corrected chi connectivity index (χ0v) is 17.1. The molecular formula is C23H21FN2O3S. The molecule has 5 nitrogen and oxygen atoms in total. The number of hydrogen-bond acceptors (Lipinski definition) is 4. The van der Waals surface area contributed by atoms with Crippen molar-refractivity contribution < 1.29 is 18.7 Å². The van der Waals surface area contributed by atoms with Crippen molar-refractivity contribution in [3.8, 4) is 5.75 Å². The topological polar surface area (TPSA) is 67.4 Å².